The number of carbonyl (C=O) groups excluding carboxylic acids is 1. The van der Waals surface area contributed by atoms with Gasteiger partial charge >= 0.3 is 0 Å². The van der Waals surface area contributed by atoms with Crippen LogP contribution in [0.15, 0.2) is 29.3 Å². The molecule has 1 aliphatic heterocycles. The molecule has 0 saturated carbocycles. The molecule has 1 heterocycles. The molecule has 6 nitrogen and oxygen atoms in total. The quantitative estimate of drug-likeness (QED) is 0.646. The Bertz CT molecular complexity index is 602. The number of hydrogen-bond donors (Lipinski definition) is 1. The molecule has 138 valence electrons. The predicted molar refractivity (Wildman–Crippen MR) is 102 cm³/mol. The number of amides is 1. The Morgan fingerprint density at radius 2 is 1.92 bits per heavy atom. The summed E-state index contributed by atoms with van der Waals surface area (Å²) >= 11 is 0. The number of primary amides is 1. The van der Waals surface area contributed by atoms with E-state index in [2.05, 4.69) is 29.2 Å². The van der Waals surface area contributed by atoms with E-state index in [-0.39, 0.29) is 11.8 Å². The van der Waals surface area contributed by atoms with E-state index in [9.17, 15) is 4.79 Å². The lowest BCUT2D eigenvalue weighted by Gasteiger charge is -2.31. The Hall–Kier alpha value is -2.08. The van der Waals surface area contributed by atoms with Crippen LogP contribution in [0.5, 0.6) is 0 Å². The maximum atomic E-state index is 11.4. The molecular formula is C19H31N5O. The van der Waals surface area contributed by atoms with Crippen molar-refractivity contribution < 1.29 is 4.79 Å². The van der Waals surface area contributed by atoms with Gasteiger partial charge in [0.25, 0.3) is 0 Å². The second-order valence-corrected chi connectivity index (χ2v) is 7.20. The SMILES string of the molecule is CN(C)C(=NCc1cccc(CN2CCCC(C(N)=O)C2)c1)N(C)C. The highest BCUT2D eigenvalue weighted by atomic mass is 16.1. The van der Waals surface area contributed by atoms with Crippen LogP contribution < -0.4 is 5.73 Å². The van der Waals surface area contributed by atoms with Crippen molar-refractivity contribution in [3.63, 3.8) is 0 Å². The summed E-state index contributed by atoms with van der Waals surface area (Å²) in [5.41, 5.74) is 7.93. The van der Waals surface area contributed by atoms with Gasteiger partial charge in [0, 0.05) is 41.3 Å². The number of likely N-dealkylation sites (tertiary alicyclic amines) is 1. The molecule has 0 aliphatic carbocycles. The van der Waals surface area contributed by atoms with Crippen LogP contribution in [0, 0.1) is 5.92 Å². The Morgan fingerprint density at radius 1 is 1.24 bits per heavy atom. The average molecular weight is 345 g/mol. The minimum absolute atomic E-state index is 0.00993. The number of carbonyl (C=O) groups is 1. The molecule has 2 rings (SSSR count). The number of rotatable bonds is 5. The van der Waals surface area contributed by atoms with Gasteiger partial charge < -0.3 is 15.5 Å². The normalized spacial score (nSPS) is 17.8. The van der Waals surface area contributed by atoms with Crippen molar-refractivity contribution >= 4 is 11.9 Å². The molecule has 1 saturated heterocycles. The highest BCUT2D eigenvalue weighted by Gasteiger charge is 2.23. The number of nitrogens with two attached hydrogens (primary N) is 1. The predicted octanol–water partition coefficient (Wildman–Crippen LogP) is 1.36. The molecule has 25 heavy (non-hydrogen) atoms. The maximum absolute atomic E-state index is 11.4. The standard InChI is InChI=1S/C19H31N5O/c1-22(2)19(23(3)4)21-12-15-7-5-8-16(11-15)13-24-10-6-9-17(14-24)18(20)25/h5,7-8,11,17H,6,9-10,12-14H2,1-4H3,(H2,20,25). The first-order valence-corrected chi connectivity index (χ1v) is 8.85. The number of guanidine groups is 1. The van der Waals surface area contributed by atoms with E-state index in [1.807, 2.05) is 38.0 Å². The zero-order valence-corrected chi connectivity index (χ0v) is 15.9. The van der Waals surface area contributed by atoms with Gasteiger partial charge in [0.1, 0.15) is 0 Å². The summed E-state index contributed by atoms with van der Waals surface area (Å²) in [7, 11) is 8.00. The zero-order valence-electron chi connectivity index (χ0n) is 15.9. The van der Waals surface area contributed by atoms with E-state index >= 15 is 0 Å². The first-order chi connectivity index (χ1) is 11.9. The van der Waals surface area contributed by atoms with Gasteiger partial charge in [-0.1, -0.05) is 24.3 Å². The molecule has 1 fully saturated rings. The molecule has 6 heteroatoms. The van der Waals surface area contributed by atoms with Crippen LogP contribution in [0.1, 0.15) is 24.0 Å². The Labute approximate surface area is 151 Å². The fourth-order valence-electron chi connectivity index (χ4n) is 3.36. The van der Waals surface area contributed by atoms with Crippen molar-refractivity contribution in [2.45, 2.75) is 25.9 Å². The summed E-state index contributed by atoms with van der Waals surface area (Å²) in [6.07, 6.45) is 1.95. The van der Waals surface area contributed by atoms with Crippen LogP contribution in [0.3, 0.4) is 0 Å². The molecule has 1 atom stereocenters. The van der Waals surface area contributed by atoms with E-state index in [1.54, 1.807) is 0 Å². The number of aliphatic imine (C=N–C) groups is 1. The van der Waals surface area contributed by atoms with Gasteiger partial charge in [-0.3, -0.25) is 9.69 Å². The lowest BCUT2D eigenvalue weighted by atomic mass is 9.97. The topological polar surface area (TPSA) is 65.2 Å². The van der Waals surface area contributed by atoms with E-state index in [4.69, 9.17) is 10.7 Å². The molecule has 0 bridgehead atoms. The van der Waals surface area contributed by atoms with Crippen LogP contribution in [0.2, 0.25) is 0 Å². The fraction of sp³-hybridized carbons (Fsp3) is 0.579. The van der Waals surface area contributed by atoms with Crippen molar-refractivity contribution in [1.82, 2.24) is 14.7 Å². The van der Waals surface area contributed by atoms with Crippen LogP contribution in [0.25, 0.3) is 0 Å². The van der Waals surface area contributed by atoms with Crippen LogP contribution >= 0.6 is 0 Å². The molecule has 1 unspecified atom stereocenters. The molecule has 0 spiro atoms. The molecule has 0 radical (unpaired) electrons. The summed E-state index contributed by atoms with van der Waals surface area (Å²) in [4.78, 5) is 22.5. The number of nitrogens with zero attached hydrogens (tertiary/aromatic N) is 4. The lowest BCUT2D eigenvalue weighted by molar-refractivity contribution is -0.123. The van der Waals surface area contributed by atoms with E-state index in [0.29, 0.717) is 6.54 Å². The minimum Gasteiger partial charge on any atom is -0.369 e. The largest absolute Gasteiger partial charge is 0.369 e. The van der Waals surface area contributed by atoms with Gasteiger partial charge in [0.05, 0.1) is 12.5 Å². The molecule has 1 amide bonds. The number of benzene rings is 1. The van der Waals surface area contributed by atoms with Crippen LogP contribution in [0.4, 0.5) is 0 Å². The molecule has 2 N–H and O–H groups in total. The molecule has 1 aromatic carbocycles. The van der Waals surface area contributed by atoms with Crippen LogP contribution in [-0.4, -0.2) is 67.8 Å². The van der Waals surface area contributed by atoms with E-state index in [1.165, 1.54) is 11.1 Å². The van der Waals surface area contributed by atoms with Crippen LogP contribution in [-0.2, 0) is 17.9 Å². The van der Waals surface area contributed by atoms with Gasteiger partial charge in [-0.25, -0.2) is 4.99 Å². The van der Waals surface area contributed by atoms with Crippen molar-refractivity contribution in [2.75, 3.05) is 41.3 Å². The highest BCUT2D eigenvalue weighted by Crippen LogP contribution is 2.19. The van der Waals surface area contributed by atoms with Gasteiger partial charge in [-0.05, 0) is 30.5 Å². The van der Waals surface area contributed by atoms with Crippen molar-refractivity contribution in [3.8, 4) is 0 Å². The molecule has 0 aromatic heterocycles. The Kier molecular flexibility index (Phi) is 6.82. The van der Waals surface area contributed by atoms with Gasteiger partial charge in [-0.15, -0.1) is 0 Å². The van der Waals surface area contributed by atoms with E-state index in [0.717, 1.165) is 38.4 Å². The van der Waals surface area contributed by atoms with E-state index < -0.39 is 0 Å². The maximum Gasteiger partial charge on any atom is 0.221 e. The second-order valence-electron chi connectivity index (χ2n) is 7.20. The summed E-state index contributed by atoms with van der Waals surface area (Å²) in [5, 5.41) is 0. The Morgan fingerprint density at radius 3 is 2.56 bits per heavy atom. The second kappa shape index (κ2) is 8.85. The first-order valence-electron chi connectivity index (χ1n) is 8.85. The first kappa shape index (κ1) is 19.2. The fourth-order valence-corrected chi connectivity index (χ4v) is 3.36. The summed E-state index contributed by atoms with van der Waals surface area (Å²) in [5.74, 6) is 0.766. The summed E-state index contributed by atoms with van der Waals surface area (Å²) < 4.78 is 0. The molecular weight excluding hydrogens is 314 g/mol. The van der Waals surface area contributed by atoms with Crippen molar-refractivity contribution in [3.05, 3.63) is 35.4 Å². The monoisotopic (exact) mass is 345 g/mol. The third-order valence-electron chi connectivity index (χ3n) is 4.51. The molecule has 1 aromatic rings. The number of piperidine rings is 1. The lowest BCUT2D eigenvalue weighted by Crippen LogP contribution is -2.40. The highest BCUT2D eigenvalue weighted by molar-refractivity contribution is 5.79. The summed E-state index contributed by atoms with van der Waals surface area (Å²) in [6.45, 7) is 3.31. The minimum atomic E-state index is -0.173. The third-order valence-corrected chi connectivity index (χ3v) is 4.51. The average Bonchev–Trinajstić information content (AvgIpc) is 2.55. The third kappa shape index (κ3) is 5.74. The Balaban J connectivity index is 2.01. The van der Waals surface area contributed by atoms with Crippen molar-refractivity contribution in [1.29, 1.82) is 0 Å². The van der Waals surface area contributed by atoms with Gasteiger partial charge in [0.2, 0.25) is 5.91 Å². The van der Waals surface area contributed by atoms with Gasteiger partial charge in [-0.2, -0.15) is 0 Å². The zero-order chi connectivity index (χ0) is 18.4. The smallest absolute Gasteiger partial charge is 0.221 e. The van der Waals surface area contributed by atoms with Gasteiger partial charge in [0.15, 0.2) is 5.96 Å². The molecule has 1 aliphatic rings. The summed E-state index contributed by atoms with van der Waals surface area (Å²) in [6, 6.07) is 8.54. The number of hydrogen-bond acceptors (Lipinski definition) is 3. The van der Waals surface area contributed by atoms with Crippen molar-refractivity contribution in [2.24, 2.45) is 16.6 Å².